The van der Waals surface area contributed by atoms with Gasteiger partial charge in [0.15, 0.2) is 5.58 Å². The number of fused-ring (bicyclic) bond motifs is 6. The number of hydrazine groups is 1. The van der Waals surface area contributed by atoms with Crippen molar-refractivity contribution in [2.45, 2.75) is 31.6 Å². The number of oxazole rings is 1. The number of anilines is 2. The van der Waals surface area contributed by atoms with Crippen molar-refractivity contribution in [3.8, 4) is 23.0 Å². The summed E-state index contributed by atoms with van der Waals surface area (Å²) >= 11 is 0. The van der Waals surface area contributed by atoms with Crippen LogP contribution < -0.4 is 15.1 Å². The lowest BCUT2D eigenvalue weighted by molar-refractivity contribution is -0.139. The van der Waals surface area contributed by atoms with Crippen LogP contribution in [0.4, 0.5) is 11.4 Å². The first kappa shape index (κ1) is 35.9. The number of benzene rings is 5. The second-order valence-corrected chi connectivity index (χ2v) is 16.4. The number of ether oxygens (including phenoxy) is 1. The van der Waals surface area contributed by atoms with E-state index in [4.69, 9.17) is 9.15 Å². The molecule has 2 saturated heterocycles. The van der Waals surface area contributed by atoms with Crippen LogP contribution >= 0.6 is 0 Å². The number of imide groups is 2. The van der Waals surface area contributed by atoms with Crippen molar-refractivity contribution in [3.63, 3.8) is 0 Å². The van der Waals surface area contributed by atoms with Crippen LogP contribution in [-0.2, 0) is 31.0 Å². The van der Waals surface area contributed by atoms with E-state index in [9.17, 15) is 14.7 Å². The fourth-order valence-electron chi connectivity index (χ4n) is 10.6. The lowest BCUT2D eigenvalue weighted by Crippen LogP contribution is -2.55. The first-order chi connectivity index (χ1) is 29.2. The van der Waals surface area contributed by atoms with Gasteiger partial charge >= 0.3 is 0 Å². The summed E-state index contributed by atoms with van der Waals surface area (Å²) in [5, 5.41) is 11.7. The Hall–Kier alpha value is -7.27. The van der Waals surface area contributed by atoms with E-state index >= 15 is 9.59 Å². The van der Waals surface area contributed by atoms with Crippen molar-refractivity contribution in [2.75, 3.05) is 10.3 Å². The summed E-state index contributed by atoms with van der Waals surface area (Å²) in [5.41, 5.74) is 8.83. The number of allylic oxidation sites excluding steroid dienone is 3. The van der Waals surface area contributed by atoms with Gasteiger partial charge < -0.3 is 14.3 Å². The van der Waals surface area contributed by atoms with Crippen LogP contribution in [0.15, 0.2) is 149 Å². The summed E-state index contributed by atoms with van der Waals surface area (Å²) in [6.45, 7) is 1.96. The quantitative estimate of drug-likeness (QED) is 0.127. The monoisotopic (exact) mass is 794 g/mol. The molecule has 60 heavy (non-hydrogen) atoms. The number of rotatable bonds is 6. The average Bonchev–Trinajstić information content (AvgIpc) is 3.89. The molecule has 4 amide bonds. The number of carbonyl (C=O) groups is 4. The second kappa shape index (κ2) is 13.4. The van der Waals surface area contributed by atoms with Gasteiger partial charge in [-0.1, -0.05) is 71.8 Å². The Labute approximate surface area is 344 Å². The molecule has 1 aromatic heterocycles. The standard InChI is InChI=1S/C49H38N4O7/c1-27-11-15-32(16-12-27)51-53-46(56)38-25-37-35(43(49(38,48(53)58)31-7-3-2-4-8-31)30-23-29-24-34(54)19-22-40(29)59-26-30)20-21-36-42(37)47(57)52(45(36)55)33-17-13-28(14-18-33)44-50-39-9-5-6-10-41(39)60-44/h2-20,22,24,26,36-38,42-43,51,54H,21,23,25H2,1H3/t36-,37+,38-,42-,43-,49+/m0/s1. The summed E-state index contributed by atoms with van der Waals surface area (Å²) < 4.78 is 12.2. The number of amides is 4. The van der Waals surface area contributed by atoms with Gasteiger partial charge in [0.25, 0.3) is 11.8 Å². The van der Waals surface area contributed by atoms with Crippen LogP contribution in [0.25, 0.3) is 22.6 Å². The molecule has 11 heteroatoms. The minimum absolute atomic E-state index is 0.0770. The maximum Gasteiger partial charge on any atom is 0.260 e. The summed E-state index contributed by atoms with van der Waals surface area (Å²) in [5.74, 6) is -3.97. The summed E-state index contributed by atoms with van der Waals surface area (Å²) in [4.78, 5) is 65.7. The highest BCUT2D eigenvalue weighted by atomic mass is 16.5. The first-order valence-electron chi connectivity index (χ1n) is 20.2. The lowest BCUT2D eigenvalue weighted by Gasteiger charge is -2.51. The van der Waals surface area contributed by atoms with E-state index in [2.05, 4.69) is 10.4 Å². The van der Waals surface area contributed by atoms with Crippen molar-refractivity contribution >= 4 is 46.1 Å². The molecule has 296 valence electrons. The van der Waals surface area contributed by atoms with E-state index in [1.807, 2.05) is 91.9 Å². The number of aromatic nitrogens is 1. The van der Waals surface area contributed by atoms with Crippen molar-refractivity contribution in [1.29, 1.82) is 0 Å². The number of hydrogen-bond acceptors (Lipinski definition) is 9. The SMILES string of the molecule is Cc1ccc(NN2C(=O)[C@@H]3C[C@@H]4C(=CC[C@@H]5C(=O)N(c6ccc(-c7nc8ccccc8o7)cc6)C(=O)[C@@H]54)[C@H](C4=COc5ccc(O)cc5C4)[C@]3(c3ccccc3)C2=O)cc1. The fourth-order valence-corrected chi connectivity index (χ4v) is 10.6. The zero-order chi connectivity index (χ0) is 40.9. The Balaban J connectivity index is 1.01. The largest absolute Gasteiger partial charge is 0.508 e. The number of nitrogens with one attached hydrogen (secondary N) is 1. The molecule has 3 fully saturated rings. The number of aryl methyl sites for hydroxylation is 1. The number of hydrogen-bond donors (Lipinski definition) is 2. The van der Waals surface area contributed by atoms with Gasteiger partial charge in [0, 0.05) is 23.5 Å². The molecular formula is C49H38N4O7. The smallest absolute Gasteiger partial charge is 0.260 e. The third-order valence-corrected chi connectivity index (χ3v) is 13.2. The Morgan fingerprint density at radius 3 is 2.37 bits per heavy atom. The van der Waals surface area contributed by atoms with E-state index in [0.29, 0.717) is 46.1 Å². The molecule has 0 bridgehead atoms. The Bertz CT molecular complexity index is 2810. The van der Waals surface area contributed by atoms with Gasteiger partial charge in [-0.2, -0.15) is 5.01 Å². The van der Waals surface area contributed by atoms with Crippen molar-refractivity contribution in [2.24, 2.45) is 29.6 Å². The molecular weight excluding hydrogens is 757 g/mol. The van der Waals surface area contributed by atoms with Gasteiger partial charge in [0.1, 0.15) is 17.0 Å². The van der Waals surface area contributed by atoms with Crippen molar-refractivity contribution < 1.29 is 33.4 Å². The van der Waals surface area contributed by atoms with Crippen molar-refractivity contribution in [3.05, 3.63) is 162 Å². The molecule has 3 aliphatic heterocycles. The first-order valence-corrected chi connectivity index (χ1v) is 20.2. The summed E-state index contributed by atoms with van der Waals surface area (Å²) in [7, 11) is 0. The predicted octanol–water partition coefficient (Wildman–Crippen LogP) is 8.05. The van der Waals surface area contributed by atoms with E-state index in [-0.39, 0.29) is 30.4 Å². The van der Waals surface area contributed by atoms with Gasteiger partial charge in [-0.3, -0.25) is 29.5 Å². The molecule has 2 N–H and O–H groups in total. The molecule has 0 spiro atoms. The average molecular weight is 795 g/mol. The highest BCUT2D eigenvalue weighted by molar-refractivity contribution is 6.22. The van der Waals surface area contributed by atoms with Crippen LogP contribution in [0.2, 0.25) is 0 Å². The van der Waals surface area contributed by atoms with Gasteiger partial charge in [-0.25, -0.2) is 4.98 Å². The molecule has 2 aliphatic carbocycles. The highest BCUT2D eigenvalue weighted by Gasteiger charge is 2.70. The van der Waals surface area contributed by atoms with Gasteiger partial charge in [-0.05, 0) is 104 Å². The molecule has 1 saturated carbocycles. The van der Waals surface area contributed by atoms with E-state index in [1.165, 1.54) is 4.90 Å². The zero-order valence-electron chi connectivity index (χ0n) is 32.4. The molecule has 5 aromatic carbocycles. The molecule has 6 atom stereocenters. The molecule has 11 rings (SSSR count). The zero-order valence-corrected chi connectivity index (χ0v) is 32.4. The van der Waals surface area contributed by atoms with E-state index in [0.717, 1.165) is 32.8 Å². The van der Waals surface area contributed by atoms with Crippen LogP contribution in [0.3, 0.4) is 0 Å². The third kappa shape index (κ3) is 5.24. The Morgan fingerprint density at radius 1 is 0.817 bits per heavy atom. The summed E-state index contributed by atoms with van der Waals surface area (Å²) in [6.07, 6.45) is 4.48. The minimum Gasteiger partial charge on any atom is -0.508 e. The van der Waals surface area contributed by atoms with Gasteiger partial charge in [0.05, 0.1) is 40.8 Å². The molecule has 0 radical (unpaired) electrons. The normalized spacial score (nSPS) is 25.6. The topological polar surface area (TPSA) is 142 Å². The predicted molar refractivity (Wildman–Crippen MR) is 222 cm³/mol. The fraction of sp³-hybridized carbons (Fsp3) is 0.204. The van der Waals surface area contributed by atoms with Crippen LogP contribution in [0, 0.1) is 36.5 Å². The molecule has 0 unspecified atom stereocenters. The molecule has 11 nitrogen and oxygen atoms in total. The van der Waals surface area contributed by atoms with Crippen LogP contribution in [-0.4, -0.2) is 38.7 Å². The number of para-hydroxylation sites is 2. The number of nitrogens with zero attached hydrogens (tertiary/aromatic N) is 3. The van der Waals surface area contributed by atoms with Crippen LogP contribution in [0.1, 0.15) is 29.5 Å². The number of carbonyl (C=O) groups excluding carboxylic acids is 4. The molecule has 6 aromatic rings. The Kier molecular flexibility index (Phi) is 8.00. The maximum atomic E-state index is 15.5. The molecule has 4 heterocycles. The van der Waals surface area contributed by atoms with Crippen molar-refractivity contribution in [1.82, 2.24) is 9.99 Å². The second-order valence-electron chi connectivity index (χ2n) is 16.4. The maximum absolute atomic E-state index is 15.5. The van der Waals surface area contributed by atoms with Gasteiger partial charge in [-0.15, -0.1) is 0 Å². The third-order valence-electron chi connectivity index (χ3n) is 13.2. The minimum atomic E-state index is -1.43. The summed E-state index contributed by atoms with van der Waals surface area (Å²) in [6, 6.07) is 36.3. The van der Waals surface area contributed by atoms with E-state index < -0.39 is 46.8 Å². The number of phenols is 1. The van der Waals surface area contributed by atoms with Gasteiger partial charge in [0.2, 0.25) is 17.7 Å². The molecule has 5 aliphatic rings. The number of phenolic OH excluding ortho intramolecular Hbond substituents is 1. The van der Waals surface area contributed by atoms with E-state index in [1.54, 1.807) is 48.7 Å². The highest BCUT2D eigenvalue weighted by Crippen LogP contribution is 2.63. The Morgan fingerprint density at radius 2 is 1.58 bits per heavy atom. The lowest BCUT2D eigenvalue weighted by atomic mass is 9.48. The van der Waals surface area contributed by atoms with Crippen LogP contribution in [0.5, 0.6) is 11.5 Å². The number of aromatic hydroxyl groups is 1.